The van der Waals surface area contributed by atoms with E-state index in [2.05, 4.69) is 46.4 Å². The van der Waals surface area contributed by atoms with Crippen molar-refractivity contribution in [2.24, 2.45) is 5.73 Å². The van der Waals surface area contributed by atoms with E-state index < -0.39 is 0 Å². The number of hydrogen-bond donors (Lipinski definition) is 2. The molecule has 0 bridgehead atoms. The molecule has 3 heteroatoms. The van der Waals surface area contributed by atoms with Crippen LogP contribution in [-0.2, 0) is 0 Å². The summed E-state index contributed by atoms with van der Waals surface area (Å²) in [6, 6.07) is 8.65. The second-order valence-corrected chi connectivity index (χ2v) is 4.19. The lowest BCUT2D eigenvalue weighted by Crippen LogP contribution is -2.22. The fourth-order valence-corrected chi connectivity index (χ4v) is 1.99. The van der Waals surface area contributed by atoms with Gasteiger partial charge in [0.25, 0.3) is 0 Å². The van der Waals surface area contributed by atoms with Crippen molar-refractivity contribution in [1.82, 2.24) is 5.32 Å². The summed E-state index contributed by atoms with van der Waals surface area (Å²) in [5, 5.41) is 3.43. The molecule has 0 aliphatic rings. The smallest absolute Gasteiger partial charge is 0.0302 e. The molecule has 0 amide bonds. The van der Waals surface area contributed by atoms with Gasteiger partial charge in [0.15, 0.2) is 0 Å². The van der Waals surface area contributed by atoms with Crippen LogP contribution in [-0.4, -0.2) is 13.1 Å². The maximum absolute atomic E-state index is 5.43. The van der Waals surface area contributed by atoms with Gasteiger partial charge in [-0.1, -0.05) is 34.1 Å². The van der Waals surface area contributed by atoms with Crippen molar-refractivity contribution >= 4 is 15.9 Å². The number of rotatable bonds is 5. The van der Waals surface area contributed by atoms with E-state index in [1.165, 1.54) is 5.56 Å². The molecule has 0 spiro atoms. The zero-order valence-corrected chi connectivity index (χ0v) is 10.0. The average Bonchev–Trinajstić information content (AvgIpc) is 2.18. The van der Waals surface area contributed by atoms with Gasteiger partial charge in [0.1, 0.15) is 0 Å². The summed E-state index contributed by atoms with van der Waals surface area (Å²) in [7, 11) is 0. The van der Waals surface area contributed by atoms with Gasteiger partial charge < -0.3 is 11.1 Å². The quantitative estimate of drug-likeness (QED) is 0.795. The number of benzene rings is 1. The Hall–Kier alpha value is -0.380. The molecule has 2 nitrogen and oxygen atoms in total. The summed E-state index contributed by atoms with van der Waals surface area (Å²) in [6.45, 7) is 3.88. The molecule has 1 unspecified atom stereocenters. The normalized spacial score (nSPS) is 12.8. The first-order chi connectivity index (χ1) is 6.75. The molecule has 0 saturated heterocycles. The van der Waals surface area contributed by atoms with Gasteiger partial charge in [-0.15, -0.1) is 0 Å². The molecule has 1 aromatic carbocycles. The second kappa shape index (κ2) is 6.17. The summed E-state index contributed by atoms with van der Waals surface area (Å²) < 4.78 is 1.16. The van der Waals surface area contributed by atoms with Gasteiger partial charge in [-0.3, -0.25) is 0 Å². The van der Waals surface area contributed by atoms with Gasteiger partial charge in [0.2, 0.25) is 0 Å². The molecule has 1 rings (SSSR count). The summed E-state index contributed by atoms with van der Waals surface area (Å²) in [5.74, 6) is 0. The molecule has 3 N–H and O–H groups in total. The maximum atomic E-state index is 5.43. The van der Waals surface area contributed by atoms with Crippen molar-refractivity contribution in [1.29, 1.82) is 0 Å². The number of nitrogens with two attached hydrogens (primary N) is 1. The van der Waals surface area contributed by atoms with Crippen LogP contribution in [0.5, 0.6) is 0 Å². The Bertz CT molecular complexity index is 276. The van der Waals surface area contributed by atoms with E-state index in [1.54, 1.807) is 0 Å². The SMILES string of the molecule is CC(NCCCN)c1ccccc1Br. The van der Waals surface area contributed by atoms with Crippen LogP contribution < -0.4 is 11.1 Å². The third-order valence-corrected chi connectivity index (χ3v) is 2.93. The Morgan fingerprint density at radius 3 is 2.79 bits per heavy atom. The highest BCUT2D eigenvalue weighted by atomic mass is 79.9. The van der Waals surface area contributed by atoms with Crippen molar-refractivity contribution in [2.45, 2.75) is 19.4 Å². The molecule has 1 aromatic rings. The van der Waals surface area contributed by atoms with E-state index in [0.717, 1.165) is 24.0 Å². The highest BCUT2D eigenvalue weighted by molar-refractivity contribution is 9.10. The van der Waals surface area contributed by atoms with Gasteiger partial charge in [-0.05, 0) is 38.1 Å². The van der Waals surface area contributed by atoms with Gasteiger partial charge in [-0.25, -0.2) is 0 Å². The minimum atomic E-state index is 0.372. The van der Waals surface area contributed by atoms with Crippen LogP contribution in [0.3, 0.4) is 0 Å². The highest BCUT2D eigenvalue weighted by Crippen LogP contribution is 2.22. The fourth-order valence-electron chi connectivity index (χ4n) is 1.36. The Morgan fingerprint density at radius 1 is 1.43 bits per heavy atom. The number of halogens is 1. The minimum absolute atomic E-state index is 0.372. The van der Waals surface area contributed by atoms with Crippen molar-refractivity contribution in [3.05, 3.63) is 34.3 Å². The Labute approximate surface area is 94.0 Å². The molecule has 0 aliphatic carbocycles. The predicted molar refractivity (Wildman–Crippen MR) is 64.2 cm³/mol. The van der Waals surface area contributed by atoms with Crippen molar-refractivity contribution in [2.75, 3.05) is 13.1 Å². The van der Waals surface area contributed by atoms with Crippen LogP contribution in [0.4, 0.5) is 0 Å². The molecule has 0 fully saturated rings. The van der Waals surface area contributed by atoms with Crippen LogP contribution in [0, 0.1) is 0 Å². The fraction of sp³-hybridized carbons (Fsp3) is 0.455. The molecular weight excluding hydrogens is 240 g/mol. The lowest BCUT2D eigenvalue weighted by molar-refractivity contribution is 0.560. The van der Waals surface area contributed by atoms with Crippen LogP contribution in [0.2, 0.25) is 0 Å². The minimum Gasteiger partial charge on any atom is -0.330 e. The Kier molecular flexibility index (Phi) is 5.15. The second-order valence-electron chi connectivity index (χ2n) is 3.34. The number of hydrogen-bond acceptors (Lipinski definition) is 2. The Balaban J connectivity index is 2.51. The van der Waals surface area contributed by atoms with Gasteiger partial charge in [-0.2, -0.15) is 0 Å². The predicted octanol–water partition coefficient (Wildman–Crippen LogP) is 2.45. The molecule has 0 radical (unpaired) electrons. The van der Waals surface area contributed by atoms with Crippen LogP contribution >= 0.6 is 15.9 Å². The summed E-state index contributed by atoms with van der Waals surface area (Å²) in [4.78, 5) is 0. The summed E-state index contributed by atoms with van der Waals surface area (Å²) >= 11 is 3.54. The molecule has 0 heterocycles. The third kappa shape index (κ3) is 3.40. The van der Waals surface area contributed by atoms with Crippen LogP contribution in [0.15, 0.2) is 28.7 Å². The van der Waals surface area contributed by atoms with Crippen molar-refractivity contribution in [3.8, 4) is 0 Å². The average molecular weight is 257 g/mol. The highest BCUT2D eigenvalue weighted by Gasteiger charge is 2.06. The van der Waals surface area contributed by atoms with E-state index in [4.69, 9.17) is 5.73 Å². The molecule has 0 saturated carbocycles. The maximum Gasteiger partial charge on any atom is 0.0302 e. The number of nitrogens with one attached hydrogen (secondary N) is 1. The molecule has 78 valence electrons. The Morgan fingerprint density at radius 2 is 2.14 bits per heavy atom. The molecule has 1 atom stereocenters. The largest absolute Gasteiger partial charge is 0.330 e. The van der Waals surface area contributed by atoms with Crippen molar-refractivity contribution in [3.63, 3.8) is 0 Å². The first kappa shape index (κ1) is 11.7. The first-order valence-electron chi connectivity index (χ1n) is 4.93. The van der Waals surface area contributed by atoms with E-state index in [0.29, 0.717) is 6.04 Å². The van der Waals surface area contributed by atoms with Gasteiger partial charge in [0, 0.05) is 10.5 Å². The standard InChI is InChI=1S/C11H17BrN2/c1-9(14-8-4-7-13)10-5-2-3-6-11(10)12/h2-3,5-6,9,14H,4,7-8,13H2,1H3. The van der Waals surface area contributed by atoms with Gasteiger partial charge in [0.05, 0.1) is 0 Å². The molecule has 0 aromatic heterocycles. The zero-order chi connectivity index (χ0) is 10.4. The first-order valence-corrected chi connectivity index (χ1v) is 5.73. The van der Waals surface area contributed by atoms with E-state index in [-0.39, 0.29) is 0 Å². The summed E-state index contributed by atoms with van der Waals surface area (Å²) in [6.07, 6.45) is 1.02. The topological polar surface area (TPSA) is 38.0 Å². The molecule has 0 aliphatic heterocycles. The van der Waals surface area contributed by atoms with E-state index in [1.807, 2.05) is 6.07 Å². The monoisotopic (exact) mass is 256 g/mol. The zero-order valence-electron chi connectivity index (χ0n) is 8.46. The van der Waals surface area contributed by atoms with Crippen LogP contribution in [0.25, 0.3) is 0 Å². The lowest BCUT2D eigenvalue weighted by atomic mass is 10.1. The van der Waals surface area contributed by atoms with E-state index >= 15 is 0 Å². The lowest BCUT2D eigenvalue weighted by Gasteiger charge is -2.15. The molecule has 14 heavy (non-hydrogen) atoms. The van der Waals surface area contributed by atoms with Crippen molar-refractivity contribution < 1.29 is 0 Å². The summed E-state index contributed by atoms with van der Waals surface area (Å²) in [5.41, 5.74) is 6.73. The van der Waals surface area contributed by atoms with E-state index in [9.17, 15) is 0 Å². The molecular formula is C11H17BrN2. The van der Waals surface area contributed by atoms with Gasteiger partial charge >= 0.3 is 0 Å². The third-order valence-electron chi connectivity index (χ3n) is 2.20. The van der Waals surface area contributed by atoms with Crippen LogP contribution in [0.1, 0.15) is 24.9 Å².